The van der Waals surface area contributed by atoms with Gasteiger partial charge in [-0.05, 0) is 29.5 Å². The van der Waals surface area contributed by atoms with Crippen LogP contribution in [0.5, 0.6) is 0 Å². The quantitative estimate of drug-likeness (QED) is 0.0847. The van der Waals surface area contributed by atoms with E-state index in [0.29, 0.717) is 17.5 Å². The molecule has 13 heteroatoms. The van der Waals surface area contributed by atoms with Crippen LogP contribution in [0.3, 0.4) is 0 Å². The largest absolute Gasteiger partial charge is 0.384 e. The number of amides is 2. The average Bonchev–Trinajstić information content (AvgIpc) is 2.93. The van der Waals surface area contributed by atoms with Crippen molar-refractivity contribution in [2.24, 2.45) is 5.73 Å². The maximum absolute atomic E-state index is 13.0. The Bertz CT molecular complexity index is 1450. The summed E-state index contributed by atoms with van der Waals surface area (Å²) in [5.41, 5.74) is 7.81. The van der Waals surface area contributed by atoms with E-state index < -0.39 is 38.6 Å². The fourth-order valence-corrected chi connectivity index (χ4v) is 5.12. The summed E-state index contributed by atoms with van der Waals surface area (Å²) in [7, 11) is -4.02. The summed E-state index contributed by atoms with van der Waals surface area (Å²) in [5, 5.41) is 23.4. The molecule has 2 amide bonds. The van der Waals surface area contributed by atoms with E-state index in [0.717, 1.165) is 11.1 Å². The first-order valence-corrected chi connectivity index (χ1v) is 13.9. The van der Waals surface area contributed by atoms with E-state index in [9.17, 15) is 28.1 Å². The van der Waals surface area contributed by atoms with E-state index in [4.69, 9.17) is 11.1 Å². The third-order valence-electron chi connectivity index (χ3n) is 5.88. The highest BCUT2D eigenvalue weighted by molar-refractivity contribution is 7.88. The van der Waals surface area contributed by atoms with Gasteiger partial charge in [-0.1, -0.05) is 66.7 Å². The number of hydrogen-bond acceptors (Lipinski definition) is 7. The van der Waals surface area contributed by atoms with Gasteiger partial charge in [-0.25, -0.2) is 13.1 Å². The molecule has 0 saturated carbocycles. The Morgan fingerprint density at radius 1 is 0.900 bits per heavy atom. The molecule has 0 unspecified atom stereocenters. The summed E-state index contributed by atoms with van der Waals surface area (Å²) in [6.45, 7) is -0.178. The van der Waals surface area contributed by atoms with Crippen LogP contribution < -0.4 is 21.1 Å². The van der Waals surface area contributed by atoms with Gasteiger partial charge in [0, 0.05) is 24.2 Å². The molecule has 0 aliphatic carbocycles. The van der Waals surface area contributed by atoms with Gasteiger partial charge in [0.2, 0.25) is 21.8 Å². The van der Waals surface area contributed by atoms with Gasteiger partial charge in [-0.15, -0.1) is 0 Å². The highest BCUT2D eigenvalue weighted by atomic mass is 32.2. The van der Waals surface area contributed by atoms with Crippen LogP contribution in [0.4, 0.5) is 5.69 Å². The number of amidine groups is 1. The molecule has 0 radical (unpaired) electrons. The second kappa shape index (κ2) is 14.0. The number of nitro groups is 1. The number of nitrogens with zero attached hydrogens (tertiary/aromatic N) is 1. The van der Waals surface area contributed by atoms with Gasteiger partial charge < -0.3 is 16.4 Å². The molecule has 210 valence electrons. The smallest absolute Gasteiger partial charge is 0.269 e. The normalized spacial score (nSPS) is 11.8. The minimum absolute atomic E-state index is 0.0662. The van der Waals surface area contributed by atoms with E-state index in [1.807, 2.05) is 30.3 Å². The molecule has 3 rings (SSSR count). The molecule has 40 heavy (non-hydrogen) atoms. The molecule has 1 atom stereocenters. The first-order chi connectivity index (χ1) is 19.0. The molecule has 0 fully saturated rings. The Kier molecular flexibility index (Phi) is 10.4. The van der Waals surface area contributed by atoms with Crippen molar-refractivity contribution >= 4 is 33.4 Å². The van der Waals surface area contributed by atoms with E-state index >= 15 is 0 Å². The molecule has 12 nitrogen and oxygen atoms in total. The number of nitrogens with one attached hydrogen (secondary N) is 4. The van der Waals surface area contributed by atoms with E-state index in [-0.39, 0.29) is 31.0 Å². The zero-order valence-electron chi connectivity index (χ0n) is 21.5. The topological polar surface area (TPSA) is 197 Å². The Morgan fingerprint density at radius 2 is 1.52 bits per heavy atom. The number of nitro benzene ring substituents is 1. The van der Waals surface area contributed by atoms with Gasteiger partial charge >= 0.3 is 0 Å². The third kappa shape index (κ3) is 9.60. The van der Waals surface area contributed by atoms with Crippen molar-refractivity contribution in [1.82, 2.24) is 15.4 Å². The Labute approximate surface area is 231 Å². The van der Waals surface area contributed by atoms with Gasteiger partial charge in [-0.3, -0.25) is 25.1 Å². The van der Waals surface area contributed by atoms with Gasteiger partial charge in [0.25, 0.3) is 5.69 Å². The zero-order chi connectivity index (χ0) is 29.1. The molecular formula is C27H30N6O6S. The van der Waals surface area contributed by atoms with Gasteiger partial charge in [0.1, 0.15) is 11.9 Å². The highest BCUT2D eigenvalue weighted by Gasteiger charge is 2.25. The Balaban J connectivity index is 1.60. The second-order valence-electron chi connectivity index (χ2n) is 8.98. The molecule has 0 aliphatic rings. The van der Waals surface area contributed by atoms with E-state index in [1.54, 1.807) is 24.3 Å². The summed E-state index contributed by atoms with van der Waals surface area (Å²) in [6, 6.07) is 19.9. The van der Waals surface area contributed by atoms with Gasteiger partial charge in [0.05, 0.1) is 17.2 Å². The summed E-state index contributed by atoms with van der Waals surface area (Å²) < 4.78 is 28.2. The number of carbonyl (C=O) groups excluding carboxylic acids is 2. The van der Waals surface area contributed by atoms with Crippen LogP contribution in [-0.4, -0.2) is 43.6 Å². The van der Waals surface area contributed by atoms with Crippen LogP contribution in [0, 0.1) is 15.5 Å². The number of nitrogen functional groups attached to an aromatic ring is 1. The SMILES string of the molecule is N=C(N)c1ccc(CNC(=O)CNC(=O)[C@@H](CCc2ccccc2)NS(=O)(=O)Cc2ccc([N+](=O)[O-])cc2)cc1. The Hall–Kier alpha value is -4.62. The van der Waals surface area contributed by atoms with E-state index in [2.05, 4.69) is 15.4 Å². The standard InChI is InChI=1S/C27H30N6O6S/c28-26(29)22-11-6-20(7-12-22)16-30-25(34)17-31-27(35)24(15-10-19-4-2-1-3-5-19)32-40(38,39)18-21-8-13-23(14-9-21)33(36)37/h1-9,11-14,24,32H,10,15-18H2,(H3,28,29)(H,30,34)(H,31,35)/t24-/m1/s1. The number of sulfonamides is 1. The van der Waals surface area contributed by atoms with Gasteiger partial charge in [0.15, 0.2) is 0 Å². The van der Waals surface area contributed by atoms with Crippen LogP contribution in [0.15, 0.2) is 78.9 Å². The van der Waals surface area contributed by atoms with Crippen LogP contribution in [0.1, 0.15) is 28.7 Å². The predicted molar refractivity (Wildman–Crippen MR) is 150 cm³/mol. The molecule has 3 aromatic carbocycles. The zero-order valence-corrected chi connectivity index (χ0v) is 22.3. The predicted octanol–water partition coefficient (Wildman–Crippen LogP) is 1.73. The molecule has 0 saturated heterocycles. The number of aryl methyl sites for hydroxylation is 1. The van der Waals surface area contributed by atoms with Gasteiger partial charge in [-0.2, -0.15) is 0 Å². The fourth-order valence-electron chi connectivity index (χ4n) is 3.75. The van der Waals surface area contributed by atoms with Crippen LogP contribution in [-0.2, 0) is 38.3 Å². The molecule has 0 bridgehead atoms. The Morgan fingerprint density at radius 3 is 2.12 bits per heavy atom. The number of rotatable bonds is 14. The van der Waals surface area contributed by atoms with Crippen molar-refractivity contribution < 1.29 is 22.9 Å². The molecule has 0 heterocycles. The highest BCUT2D eigenvalue weighted by Crippen LogP contribution is 2.14. The number of nitrogens with two attached hydrogens (primary N) is 1. The van der Waals surface area contributed by atoms with Crippen LogP contribution in [0.2, 0.25) is 0 Å². The van der Waals surface area contributed by atoms with Crippen LogP contribution in [0.25, 0.3) is 0 Å². The lowest BCUT2D eigenvalue weighted by Crippen LogP contribution is -2.49. The monoisotopic (exact) mass is 566 g/mol. The first kappa shape index (κ1) is 29.9. The summed E-state index contributed by atoms with van der Waals surface area (Å²) in [4.78, 5) is 35.6. The molecule has 3 aromatic rings. The fraction of sp³-hybridized carbons (Fsp3) is 0.222. The maximum Gasteiger partial charge on any atom is 0.269 e. The first-order valence-electron chi connectivity index (χ1n) is 12.3. The number of non-ortho nitro benzene ring substituents is 1. The lowest BCUT2D eigenvalue weighted by Gasteiger charge is -2.19. The number of benzene rings is 3. The lowest BCUT2D eigenvalue weighted by molar-refractivity contribution is -0.384. The van der Waals surface area contributed by atoms with Crippen molar-refractivity contribution in [3.63, 3.8) is 0 Å². The van der Waals surface area contributed by atoms with E-state index in [1.165, 1.54) is 24.3 Å². The van der Waals surface area contributed by atoms with Crippen molar-refractivity contribution in [2.45, 2.75) is 31.2 Å². The summed E-state index contributed by atoms with van der Waals surface area (Å²) >= 11 is 0. The maximum atomic E-state index is 13.0. The molecule has 0 aliphatic heterocycles. The van der Waals surface area contributed by atoms with Crippen LogP contribution >= 0.6 is 0 Å². The third-order valence-corrected chi connectivity index (χ3v) is 7.24. The lowest BCUT2D eigenvalue weighted by atomic mass is 10.1. The second-order valence-corrected chi connectivity index (χ2v) is 10.7. The number of carbonyl (C=O) groups is 2. The average molecular weight is 567 g/mol. The molecule has 0 aromatic heterocycles. The number of hydrogen-bond donors (Lipinski definition) is 5. The molecule has 6 N–H and O–H groups in total. The summed E-state index contributed by atoms with van der Waals surface area (Å²) in [5.74, 6) is -1.68. The van der Waals surface area contributed by atoms with Crippen molar-refractivity contribution in [3.8, 4) is 0 Å². The minimum atomic E-state index is -4.02. The minimum Gasteiger partial charge on any atom is -0.384 e. The van der Waals surface area contributed by atoms with Crippen molar-refractivity contribution in [2.75, 3.05) is 6.54 Å². The molecule has 0 spiro atoms. The van der Waals surface area contributed by atoms with Crippen molar-refractivity contribution in [3.05, 3.63) is 111 Å². The van der Waals surface area contributed by atoms with Crippen molar-refractivity contribution in [1.29, 1.82) is 5.41 Å². The summed E-state index contributed by atoms with van der Waals surface area (Å²) in [6.07, 6.45) is 0.543. The molecular weight excluding hydrogens is 536 g/mol.